The average Bonchev–Trinajstić information content (AvgIpc) is 2.89. The summed E-state index contributed by atoms with van der Waals surface area (Å²) in [7, 11) is 0. The molecule has 2 aromatic heterocycles. The van der Waals surface area contributed by atoms with Gasteiger partial charge in [0, 0.05) is 11.8 Å². The van der Waals surface area contributed by atoms with Crippen LogP contribution >= 0.6 is 0 Å². The molecule has 0 spiro atoms. The van der Waals surface area contributed by atoms with Crippen molar-refractivity contribution in [3.8, 4) is 22.8 Å². The number of aromatic nitrogens is 4. The highest BCUT2D eigenvalue weighted by molar-refractivity contribution is 5.59. The van der Waals surface area contributed by atoms with Crippen molar-refractivity contribution >= 4 is 0 Å². The lowest BCUT2D eigenvalue weighted by molar-refractivity contribution is 0.475. The van der Waals surface area contributed by atoms with E-state index in [1.54, 1.807) is 30.6 Å². The number of pyridine rings is 1. The SMILES string of the molecule is Oc1cccc(-c2cnn(-c3ccccn3)n2)c1. The van der Waals surface area contributed by atoms with Crippen LogP contribution in [-0.4, -0.2) is 25.1 Å². The summed E-state index contributed by atoms with van der Waals surface area (Å²) in [5, 5.41) is 17.9. The van der Waals surface area contributed by atoms with Crippen LogP contribution in [0.2, 0.25) is 0 Å². The smallest absolute Gasteiger partial charge is 0.174 e. The molecule has 0 bridgehead atoms. The van der Waals surface area contributed by atoms with Gasteiger partial charge >= 0.3 is 0 Å². The van der Waals surface area contributed by atoms with E-state index in [-0.39, 0.29) is 5.75 Å². The van der Waals surface area contributed by atoms with Crippen LogP contribution in [0.4, 0.5) is 0 Å². The second-order valence-electron chi connectivity index (χ2n) is 3.76. The van der Waals surface area contributed by atoms with Gasteiger partial charge in [0.05, 0.1) is 6.20 Å². The van der Waals surface area contributed by atoms with E-state index in [9.17, 15) is 5.11 Å². The monoisotopic (exact) mass is 238 g/mol. The highest BCUT2D eigenvalue weighted by Crippen LogP contribution is 2.20. The van der Waals surface area contributed by atoms with E-state index in [1.807, 2.05) is 24.3 Å². The molecule has 0 fully saturated rings. The molecule has 0 aliphatic heterocycles. The quantitative estimate of drug-likeness (QED) is 0.742. The molecule has 5 heteroatoms. The largest absolute Gasteiger partial charge is 0.508 e. The zero-order valence-electron chi connectivity index (χ0n) is 9.43. The van der Waals surface area contributed by atoms with Crippen molar-refractivity contribution in [2.24, 2.45) is 0 Å². The summed E-state index contributed by atoms with van der Waals surface area (Å²) < 4.78 is 0. The van der Waals surface area contributed by atoms with Gasteiger partial charge in [0.1, 0.15) is 11.4 Å². The molecule has 0 radical (unpaired) electrons. The highest BCUT2D eigenvalue weighted by Gasteiger charge is 2.06. The van der Waals surface area contributed by atoms with Gasteiger partial charge < -0.3 is 5.11 Å². The average molecular weight is 238 g/mol. The molecule has 5 nitrogen and oxygen atoms in total. The van der Waals surface area contributed by atoms with Gasteiger partial charge in [0.2, 0.25) is 0 Å². The Bertz CT molecular complexity index is 664. The van der Waals surface area contributed by atoms with Crippen molar-refractivity contribution in [1.82, 2.24) is 20.0 Å². The molecule has 0 atom stereocenters. The molecule has 0 saturated carbocycles. The predicted molar refractivity (Wildman–Crippen MR) is 66.3 cm³/mol. The van der Waals surface area contributed by atoms with Crippen LogP contribution in [0.15, 0.2) is 54.9 Å². The van der Waals surface area contributed by atoms with Crippen LogP contribution in [0.5, 0.6) is 5.75 Å². The Labute approximate surface area is 103 Å². The third-order valence-corrected chi connectivity index (χ3v) is 2.49. The lowest BCUT2D eigenvalue weighted by atomic mass is 10.2. The molecule has 1 N–H and O–H groups in total. The van der Waals surface area contributed by atoms with E-state index in [2.05, 4.69) is 15.2 Å². The second-order valence-corrected chi connectivity index (χ2v) is 3.76. The van der Waals surface area contributed by atoms with Crippen molar-refractivity contribution < 1.29 is 5.11 Å². The van der Waals surface area contributed by atoms with E-state index in [1.165, 1.54) is 4.80 Å². The molecule has 88 valence electrons. The van der Waals surface area contributed by atoms with Gasteiger partial charge in [0.15, 0.2) is 5.82 Å². The number of benzene rings is 1. The predicted octanol–water partition coefficient (Wildman–Crippen LogP) is 2.03. The molecule has 3 rings (SSSR count). The van der Waals surface area contributed by atoms with E-state index < -0.39 is 0 Å². The molecule has 18 heavy (non-hydrogen) atoms. The summed E-state index contributed by atoms with van der Waals surface area (Å²) in [6.45, 7) is 0. The topological polar surface area (TPSA) is 63.8 Å². The maximum Gasteiger partial charge on any atom is 0.174 e. The molecule has 1 aromatic carbocycles. The van der Waals surface area contributed by atoms with Gasteiger partial charge in [-0.25, -0.2) is 4.98 Å². The zero-order chi connectivity index (χ0) is 12.4. The number of rotatable bonds is 2. The molecule has 3 aromatic rings. The van der Waals surface area contributed by atoms with E-state index in [0.29, 0.717) is 11.5 Å². The van der Waals surface area contributed by atoms with E-state index >= 15 is 0 Å². The van der Waals surface area contributed by atoms with Crippen LogP contribution in [0.1, 0.15) is 0 Å². The van der Waals surface area contributed by atoms with Crippen LogP contribution in [0.25, 0.3) is 17.1 Å². The normalized spacial score (nSPS) is 10.4. The first-order valence-corrected chi connectivity index (χ1v) is 5.46. The number of nitrogens with zero attached hydrogens (tertiary/aromatic N) is 4. The zero-order valence-corrected chi connectivity index (χ0v) is 9.43. The van der Waals surface area contributed by atoms with Crippen LogP contribution < -0.4 is 0 Å². The maximum atomic E-state index is 9.43. The Morgan fingerprint density at radius 1 is 1.06 bits per heavy atom. The Morgan fingerprint density at radius 3 is 2.78 bits per heavy atom. The number of phenols is 1. The summed E-state index contributed by atoms with van der Waals surface area (Å²) in [5.74, 6) is 0.865. The number of hydrogen-bond acceptors (Lipinski definition) is 4. The molecular weight excluding hydrogens is 228 g/mol. The number of hydrogen-bond donors (Lipinski definition) is 1. The lowest BCUT2D eigenvalue weighted by Gasteiger charge is -1.98. The molecule has 0 aliphatic carbocycles. The molecular formula is C13H10N4O. The summed E-state index contributed by atoms with van der Waals surface area (Å²) in [5.41, 5.74) is 1.51. The van der Waals surface area contributed by atoms with Crippen LogP contribution in [-0.2, 0) is 0 Å². The van der Waals surface area contributed by atoms with Crippen molar-refractivity contribution in [1.29, 1.82) is 0 Å². The third kappa shape index (κ3) is 1.93. The van der Waals surface area contributed by atoms with E-state index in [0.717, 1.165) is 5.56 Å². The lowest BCUT2D eigenvalue weighted by Crippen LogP contribution is -2.00. The Hall–Kier alpha value is -2.69. The minimum Gasteiger partial charge on any atom is -0.508 e. The van der Waals surface area contributed by atoms with Crippen LogP contribution in [0.3, 0.4) is 0 Å². The fraction of sp³-hybridized carbons (Fsp3) is 0. The summed E-state index contributed by atoms with van der Waals surface area (Å²) in [6, 6.07) is 12.4. The maximum absolute atomic E-state index is 9.43. The van der Waals surface area contributed by atoms with Crippen molar-refractivity contribution in [3.05, 3.63) is 54.9 Å². The first kappa shape index (κ1) is 10.5. The summed E-state index contributed by atoms with van der Waals surface area (Å²) >= 11 is 0. The van der Waals surface area contributed by atoms with Gasteiger partial charge in [-0.3, -0.25) is 0 Å². The molecule has 0 amide bonds. The number of aromatic hydroxyl groups is 1. The third-order valence-electron chi connectivity index (χ3n) is 2.49. The Kier molecular flexibility index (Phi) is 2.49. The minimum atomic E-state index is 0.208. The highest BCUT2D eigenvalue weighted by atomic mass is 16.3. The van der Waals surface area contributed by atoms with Gasteiger partial charge in [-0.1, -0.05) is 18.2 Å². The number of phenolic OH excluding ortho intramolecular Hbond substituents is 1. The van der Waals surface area contributed by atoms with Gasteiger partial charge in [-0.2, -0.15) is 5.10 Å². The molecule has 0 saturated heterocycles. The molecule has 0 aliphatic rings. The first-order valence-electron chi connectivity index (χ1n) is 5.46. The molecule has 2 heterocycles. The van der Waals surface area contributed by atoms with Crippen molar-refractivity contribution in [2.45, 2.75) is 0 Å². The van der Waals surface area contributed by atoms with Crippen molar-refractivity contribution in [2.75, 3.05) is 0 Å². The van der Waals surface area contributed by atoms with Gasteiger partial charge in [0.25, 0.3) is 0 Å². The van der Waals surface area contributed by atoms with Crippen molar-refractivity contribution in [3.63, 3.8) is 0 Å². The Balaban J connectivity index is 2.00. The first-order chi connectivity index (χ1) is 8.83. The molecule has 0 unspecified atom stereocenters. The fourth-order valence-electron chi connectivity index (χ4n) is 1.64. The minimum absolute atomic E-state index is 0.208. The summed E-state index contributed by atoms with van der Waals surface area (Å²) in [4.78, 5) is 5.62. The summed E-state index contributed by atoms with van der Waals surface area (Å²) in [6.07, 6.45) is 3.33. The van der Waals surface area contributed by atoms with Gasteiger partial charge in [-0.15, -0.1) is 9.90 Å². The van der Waals surface area contributed by atoms with Crippen LogP contribution in [0, 0.1) is 0 Å². The standard InChI is InChI=1S/C13H10N4O/c18-11-5-3-4-10(8-11)12-9-15-17(16-12)13-6-1-2-7-14-13/h1-9,18H. The van der Waals surface area contributed by atoms with Gasteiger partial charge in [-0.05, 0) is 24.3 Å². The Morgan fingerprint density at radius 2 is 2.00 bits per heavy atom. The van der Waals surface area contributed by atoms with E-state index in [4.69, 9.17) is 0 Å². The second kappa shape index (κ2) is 4.29. The fourth-order valence-corrected chi connectivity index (χ4v) is 1.64.